The van der Waals surface area contributed by atoms with Crippen LogP contribution >= 0.6 is 0 Å². The molecule has 0 saturated carbocycles. The largest absolute Gasteiger partial charge is 0.395 e. The van der Waals surface area contributed by atoms with E-state index in [9.17, 15) is 33.7 Å². The summed E-state index contributed by atoms with van der Waals surface area (Å²) in [4.78, 5) is 1.50. The minimum Gasteiger partial charge on any atom is -0.395 e. The lowest BCUT2D eigenvalue weighted by Gasteiger charge is -2.22. The molecule has 0 heterocycles. The van der Waals surface area contributed by atoms with E-state index in [1.807, 2.05) is 71.0 Å². The summed E-state index contributed by atoms with van der Waals surface area (Å²) < 4.78 is 92.5. The van der Waals surface area contributed by atoms with Crippen LogP contribution in [0.5, 0.6) is 0 Å². The summed E-state index contributed by atoms with van der Waals surface area (Å²) in [5.74, 6) is 0.163. The quantitative estimate of drug-likeness (QED) is 0.166. The maximum absolute atomic E-state index is 12.2. The smallest absolute Gasteiger partial charge is 0.185 e. The Hall–Kier alpha value is -3.36. The van der Waals surface area contributed by atoms with Gasteiger partial charge in [0.1, 0.15) is 0 Å². The fourth-order valence-corrected chi connectivity index (χ4v) is 9.02. The van der Waals surface area contributed by atoms with Gasteiger partial charge in [-0.2, -0.15) is 0 Å². The summed E-state index contributed by atoms with van der Waals surface area (Å²) in [6, 6.07) is 27.5. The molecular weight excluding hydrogens is 777 g/mol. The van der Waals surface area contributed by atoms with E-state index in [-0.39, 0.29) is 22.5 Å². The van der Waals surface area contributed by atoms with Crippen molar-refractivity contribution in [3.05, 3.63) is 119 Å². The molecule has 306 valence electrons. The van der Waals surface area contributed by atoms with Crippen LogP contribution in [0.1, 0.15) is 84.1 Å². The highest BCUT2D eigenvalue weighted by molar-refractivity contribution is 7.93. The Morgan fingerprint density at radius 1 is 0.473 bits per heavy atom. The van der Waals surface area contributed by atoms with Crippen LogP contribution in [0.3, 0.4) is 0 Å². The second-order valence-corrected chi connectivity index (χ2v) is 24.7. The lowest BCUT2D eigenvalue weighted by molar-refractivity contribution is 0.258. The Kier molecular flexibility index (Phi) is 18.2. The Morgan fingerprint density at radius 3 is 1.00 bits per heavy atom. The van der Waals surface area contributed by atoms with Gasteiger partial charge in [0.25, 0.3) is 0 Å². The van der Waals surface area contributed by atoms with E-state index in [0.29, 0.717) is 21.1 Å². The number of aliphatic hydroxyl groups is 1. The van der Waals surface area contributed by atoms with Crippen molar-refractivity contribution in [3.63, 3.8) is 0 Å². The number of aliphatic hydroxyl groups excluding tert-OH is 1. The topological polar surface area (TPSA) is 157 Å². The molecule has 0 aliphatic carbocycles. The minimum atomic E-state index is -3.46. The van der Waals surface area contributed by atoms with Crippen molar-refractivity contribution in [1.82, 2.24) is 0 Å². The Morgan fingerprint density at radius 2 is 0.745 bits per heavy atom. The van der Waals surface area contributed by atoms with Gasteiger partial charge in [-0.15, -0.1) is 0 Å². The molecule has 0 radical (unpaired) electrons. The second kappa shape index (κ2) is 20.2. The first-order valence-corrected chi connectivity index (χ1v) is 24.1. The second-order valence-electron chi connectivity index (χ2n) is 14.8. The zero-order valence-electron chi connectivity index (χ0n) is 34.3. The maximum atomic E-state index is 12.2. The molecule has 0 fully saturated rings. The summed E-state index contributed by atoms with van der Waals surface area (Å²) in [6.07, 6.45) is 0.614. The summed E-state index contributed by atoms with van der Waals surface area (Å²) >= 11 is 0. The van der Waals surface area contributed by atoms with Crippen LogP contribution in [-0.4, -0.2) is 65.9 Å². The third-order valence-corrected chi connectivity index (χ3v) is 18.1. The maximum Gasteiger partial charge on any atom is 0.185 e. The van der Waals surface area contributed by atoms with Crippen LogP contribution in [0.4, 0.5) is 0 Å². The van der Waals surface area contributed by atoms with Gasteiger partial charge in [0.15, 0.2) is 39.3 Å². The molecule has 4 aromatic carbocycles. The summed E-state index contributed by atoms with van der Waals surface area (Å²) in [6.45, 7) is 20.8. The van der Waals surface area contributed by atoms with Crippen LogP contribution in [0.2, 0.25) is 0 Å². The monoisotopic (exact) mass is 836 g/mol. The van der Waals surface area contributed by atoms with Gasteiger partial charge < -0.3 is 5.11 Å². The van der Waals surface area contributed by atoms with E-state index in [4.69, 9.17) is 5.11 Å². The highest BCUT2D eigenvalue weighted by Crippen LogP contribution is 2.28. The lowest BCUT2D eigenvalue weighted by Crippen LogP contribution is -2.35. The number of sulfone groups is 4. The van der Waals surface area contributed by atoms with Crippen molar-refractivity contribution in [2.75, 3.05) is 12.4 Å². The molecule has 0 saturated heterocycles. The normalized spacial score (nSPS) is 12.3. The van der Waals surface area contributed by atoms with Crippen LogP contribution in [0.25, 0.3) is 0 Å². The van der Waals surface area contributed by atoms with Crippen molar-refractivity contribution < 1.29 is 38.8 Å². The summed E-state index contributed by atoms with van der Waals surface area (Å²) in [5, 5.41) is 8.71. The van der Waals surface area contributed by atoms with E-state index in [0.717, 1.165) is 22.3 Å². The fourth-order valence-electron chi connectivity index (χ4n) is 4.26. The molecule has 1 N–H and O–H groups in total. The van der Waals surface area contributed by atoms with Crippen molar-refractivity contribution in [2.45, 2.75) is 124 Å². The number of hydrogen-bond acceptors (Lipinski definition) is 9. The van der Waals surface area contributed by atoms with Crippen LogP contribution in [-0.2, 0) is 39.3 Å². The third-order valence-electron chi connectivity index (χ3n) is 9.08. The highest BCUT2D eigenvalue weighted by Gasteiger charge is 2.35. The molecule has 0 spiro atoms. The van der Waals surface area contributed by atoms with E-state index in [2.05, 4.69) is 0 Å². The van der Waals surface area contributed by atoms with Gasteiger partial charge in [-0.05, 0) is 124 Å². The number of rotatable bonds is 10. The first kappa shape index (κ1) is 49.7. The average Bonchev–Trinajstić information content (AvgIpc) is 3.13. The molecule has 0 aliphatic heterocycles. The Balaban J connectivity index is 0.000000368. The van der Waals surface area contributed by atoms with E-state index >= 15 is 0 Å². The van der Waals surface area contributed by atoms with Gasteiger partial charge in [-0.3, -0.25) is 0 Å². The molecule has 55 heavy (non-hydrogen) atoms. The SMILES string of the molecule is CCC(C)(C)S(=O)(=O)c1ccc(C)cc1.CCS(=O)(=O)c1ccc(C)cc1.Cc1ccc(S(=O)(=O)C(C)(C)CO)cc1.Cc1ccc(S(=O)(=O)C(C)C)cc1. The van der Waals surface area contributed by atoms with Gasteiger partial charge in [0.05, 0.1) is 46.7 Å². The first-order valence-electron chi connectivity index (χ1n) is 18.0. The molecule has 9 nitrogen and oxygen atoms in total. The molecule has 0 amide bonds. The third kappa shape index (κ3) is 13.7. The van der Waals surface area contributed by atoms with Gasteiger partial charge in [-0.1, -0.05) is 84.6 Å². The molecule has 0 bridgehead atoms. The molecule has 0 aliphatic rings. The average molecular weight is 837 g/mol. The predicted octanol–water partition coefficient (Wildman–Crippen LogP) is 8.46. The standard InChI is InChI=1S/C12H18O2S.C11H16O3S.C10H14O2S.C9H12O2S/c1-5-12(3,4)15(13,14)11-8-6-10(2)7-9-11;1-9-4-6-10(7-5-9)15(13,14)11(2,3)8-12;1-8(2)13(11,12)10-6-4-9(3)5-7-10;1-3-12(10,11)9-6-4-8(2)5-7-9/h6-9H,5H2,1-4H3;4-7,12H,8H2,1-3H3;4-8H,1-3H3;4-7H,3H2,1-2H3. The zero-order valence-corrected chi connectivity index (χ0v) is 37.5. The van der Waals surface area contributed by atoms with Gasteiger partial charge in [0, 0.05) is 0 Å². The highest BCUT2D eigenvalue weighted by atomic mass is 32.2. The van der Waals surface area contributed by atoms with Crippen molar-refractivity contribution in [3.8, 4) is 0 Å². The molecule has 0 atom stereocenters. The fraction of sp³-hybridized carbons (Fsp3) is 0.429. The summed E-state index contributed by atoms with van der Waals surface area (Å²) in [7, 11) is -12.8. The van der Waals surface area contributed by atoms with Crippen LogP contribution in [0.15, 0.2) is 117 Å². The van der Waals surface area contributed by atoms with Gasteiger partial charge >= 0.3 is 0 Å². The number of benzene rings is 4. The minimum absolute atomic E-state index is 0.163. The zero-order chi connectivity index (χ0) is 42.6. The molecule has 0 unspecified atom stereocenters. The summed E-state index contributed by atoms with van der Waals surface area (Å²) in [5.41, 5.74) is 4.23. The number of hydrogen-bond donors (Lipinski definition) is 1. The van der Waals surface area contributed by atoms with E-state index < -0.39 is 48.8 Å². The molecule has 4 rings (SSSR count). The van der Waals surface area contributed by atoms with E-state index in [1.165, 1.54) is 13.8 Å². The van der Waals surface area contributed by atoms with Crippen molar-refractivity contribution in [1.29, 1.82) is 0 Å². The van der Waals surface area contributed by atoms with Crippen molar-refractivity contribution in [2.24, 2.45) is 0 Å². The van der Waals surface area contributed by atoms with Crippen molar-refractivity contribution >= 4 is 39.3 Å². The number of aryl methyl sites for hydroxylation is 4. The Labute approximate surface area is 331 Å². The molecule has 13 heteroatoms. The first-order chi connectivity index (χ1) is 25.1. The Bertz CT molecular complexity index is 2150. The predicted molar refractivity (Wildman–Crippen MR) is 225 cm³/mol. The van der Waals surface area contributed by atoms with Gasteiger partial charge in [0.2, 0.25) is 0 Å². The van der Waals surface area contributed by atoms with Crippen LogP contribution < -0.4 is 0 Å². The molecular formula is C42H60O9S4. The lowest BCUT2D eigenvalue weighted by atomic mass is 10.1. The molecule has 4 aromatic rings. The van der Waals surface area contributed by atoms with Gasteiger partial charge in [-0.25, -0.2) is 33.7 Å². The molecule has 0 aromatic heterocycles. The van der Waals surface area contributed by atoms with Crippen LogP contribution in [0, 0.1) is 27.7 Å². The van der Waals surface area contributed by atoms with E-state index in [1.54, 1.807) is 95.3 Å².